The Morgan fingerprint density at radius 1 is 1.39 bits per heavy atom. The molecule has 6 nitrogen and oxygen atoms in total. The number of carboxylic acid groups (broad SMARTS) is 1. The lowest BCUT2D eigenvalue weighted by Gasteiger charge is -2.13. The van der Waals surface area contributed by atoms with E-state index in [2.05, 4.69) is 10.2 Å². The summed E-state index contributed by atoms with van der Waals surface area (Å²) in [6, 6.07) is 0.195. The van der Waals surface area contributed by atoms with E-state index in [1.807, 2.05) is 18.4 Å². The molecule has 0 radical (unpaired) electrons. The highest BCUT2D eigenvalue weighted by atomic mass is 32.2. The SMILES string of the molecule is CC(C)n1c(CCCCO)nnc1SCC(=O)O. The lowest BCUT2D eigenvalue weighted by molar-refractivity contribution is -0.133. The first-order chi connectivity index (χ1) is 8.56. The molecular weight excluding hydrogens is 254 g/mol. The highest BCUT2D eigenvalue weighted by Crippen LogP contribution is 2.22. The summed E-state index contributed by atoms with van der Waals surface area (Å²) < 4.78 is 1.96. The molecule has 0 saturated heterocycles. The van der Waals surface area contributed by atoms with E-state index >= 15 is 0 Å². The number of aromatic nitrogens is 3. The van der Waals surface area contributed by atoms with Crippen molar-refractivity contribution < 1.29 is 15.0 Å². The fourth-order valence-corrected chi connectivity index (χ4v) is 2.42. The molecule has 0 aliphatic carbocycles. The number of thioether (sulfide) groups is 1. The number of nitrogens with zero attached hydrogens (tertiary/aromatic N) is 3. The zero-order valence-electron chi connectivity index (χ0n) is 10.7. The van der Waals surface area contributed by atoms with E-state index in [-0.39, 0.29) is 18.4 Å². The Labute approximate surface area is 110 Å². The van der Waals surface area contributed by atoms with E-state index in [0.717, 1.165) is 25.1 Å². The van der Waals surface area contributed by atoms with E-state index in [0.29, 0.717) is 5.16 Å². The highest BCUT2D eigenvalue weighted by molar-refractivity contribution is 7.99. The molecule has 0 fully saturated rings. The van der Waals surface area contributed by atoms with Crippen molar-refractivity contribution in [1.82, 2.24) is 14.8 Å². The first kappa shape index (κ1) is 15.0. The van der Waals surface area contributed by atoms with Crippen LogP contribution in [-0.2, 0) is 11.2 Å². The van der Waals surface area contributed by atoms with Crippen molar-refractivity contribution in [3.63, 3.8) is 0 Å². The van der Waals surface area contributed by atoms with Crippen molar-refractivity contribution in [2.24, 2.45) is 0 Å². The monoisotopic (exact) mass is 273 g/mol. The minimum absolute atomic E-state index is 0.0124. The van der Waals surface area contributed by atoms with Gasteiger partial charge in [-0.25, -0.2) is 0 Å². The quantitative estimate of drug-likeness (QED) is 0.549. The van der Waals surface area contributed by atoms with Gasteiger partial charge in [0.2, 0.25) is 0 Å². The number of aliphatic hydroxyl groups excluding tert-OH is 1. The lowest BCUT2D eigenvalue weighted by atomic mass is 10.2. The number of hydrogen-bond acceptors (Lipinski definition) is 5. The molecule has 0 atom stereocenters. The van der Waals surface area contributed by atoms with Crippen LogP contribution in [0.1, 0.15) is 38.6 Å². The summed E-state index contributed by atoms with van der Waals surface area (Å²) in [5, 5.41) is 26.2. The second-order valence-electron chi connectivity index (χ2n) is 4.23. The van der Waals surface area contributed by atoms with Gasteiger partial charge in [0.05, 0.1) is 5.75 Å². The number of aryl methyl sites for hydroxylation is 1. The summed E-state index contributed by atoms with van der Waals surface area (Å²) in [5.41, 5.74) is 0. The van der Waals surface area contributed by atoms with Gasteiger partial charge in [-0.2, -0.15) is 0 Å². The van der Waals surface area contributed by atoms with Crippen LogP contribution in [0.4, 0.5) is 0 Å². The minimum Gasteiger partial charge on any atom is -0.481 e. The van der Waals surface area contributed by atoms with E-state index in [1.54, 1.807) is 0 Å². The van der Waals surface area contributed by atoms with Crippen LogP contribution in [0.2, 0.25) is 0 Å². The van der Waals surface area contributed by atoms with Gasteiger partial charge in [-0.1, -0.05) is 11.8 Å². The first-order valence-corrected chi connectivity index (χ1v) is 6.94. The van der Waals surface area contributed by atoms with Crippen LogP contribution in [-0.4, -0.2) is 43.3 Å². The lowest BCUT2D eigenvalue weighted by Crippen LogP contribution is -2.09. The van der Waals surface area contributed by atoms with Crippen LogP contribution in [0.5, 0.6) is 0 Å². The van der Waals surface area contributed by atoms with Crippen LogP contribution in [0, 0.1) is 0 Å². The second-order valence-corrected chi connectivity index (χ2v) is 5.17. The standard InChI is InChI=1S/C11H19N3O3S/c1-8(2)14-9(5-3-4-6-15)12-13-11(14)18-7-10(16)17/h8,15H,3-7H2,1-2H3,(H,16,17). The van der Waals surface area contributed by atoms with Gasteiger partial charge in [0.1, 0.15) is 5.82 Å². The van der Waals surface area contributed by atoms with Crippen LogP contribution in [0.3, 0.4) is 0 Å². The molecule has 1 heterocycles. The van der Waals surface area contributed by atoms with Gasteiger partial charge in [-0.15, -0.1) is 10.2 Å². The zero-order chi connectivity index (χ0) is 13.5. The average Bonchev–Trinajstić information content (AvgIpc) is 2.70. The van der Waals surface area contributed by atoms with Crippen LogP contribution in [0.25, 0.3) is 0 Å². The number of carbonyl (C=O) groups is 1. The Kier molecular flexibility index (Phi) is 6.14. The van der Waals surface area contributed by atoms with Crippen molar-refractivity contribution in [3.05, 3.63) is 5.82 Å². The summed E-state index contributed by atoms with van der Waals surface area (Å²) in [6.45, 7) is 4.21. The zero-order valence-corrected chi connectivity index (χ0v) is 11.5. The van der Waals surface area contributed by atoms with Crippen molar-refractivity contribution in [2.75, 3.05) is 12.4 Å². The molecule has 0 amide bonds. The van der Waals surface area contributed by atoms with E-state index in [9.17, 15) is 4.79 Å². The van der Waals surface area contributed by atoms with E-state index in [1.165, 1.54) is 11.8 Å². The third kappa shape index (κ3) is 4.30. The van der Waals surface area contributed by atoms with Gasteiger partial charge in [0.25, 0.3) is 0 Å². The average molecular weight is 273 g/mol. The number of aliphatic hydroxyl groups is 1. The van der Waals surface area contributed by atoms with Crippen molar-refractivity contribution in [3.8, 4) is 0 Å². The maximum absolute atomic E-state index is 10.6. The Bertz CT molecular complexity index is 393. The second kappa shape index (κ2) is 7.38. The minimum atomic E-state index is -0.861. The van der Waals surface area contributed by atoms with Crippen LogP contribution in [0.15, 0.2) is 5.16 Å². The highest BCUT2D eigenvalue weighted by Gasteiger charge is 2.15. The van der Waals surface area contributed by atoms with Crippen molar-refractivity contribution in [2.45, 2.75) is 44.3 Å². The molecule has 0 aromatic carbocycles. The van der Waals surface area contributed by atoms with Crippen LogP contribution < -0.4 is 0 Å². The molecule has 0 aliphatic heterocycles. The summed E-state index contributed by atoms with van der Waals surface area (Å²) in [4.78, 5) is 10.6. The van der Waals surface area contributed by atoms with E-state index in [4.69, 9.17) is 10.2 Å². The molecule has 0 unspecified atom stereocenters. The molecule has 0 aliphatic rings. The van der Waals surface area contributed by atoms with Gasteiger partial charge in [0.15, 0.2) is 5.16 Å². The Morgan fingerprint density at radius 2 is 2.11 bits per heavy atom. The predicted molar refractivity (Wildman–Crippen MR) is 68.8 cm³/mol. The molecule has 1 rings (SSSR count). The third-order valence-corrected chi connectivity index (χ3v) is 3.31. The molecule has 0 spiro atoms. The number of rotatable bonds is 8. The van der Waals surface area contributed by atoms with Gasteiger partial charge in [-0.3, -0.25) is 4.79 Å². The predicted octanol–water partition coefficient (Wildman–Crippen LogP) is 1.35. The molecule has 1 aromatic heterocycles. The van der Waals surface area contributed by atoms with E-state index < -0.39 is 5.97 Å². The molecular formula is C11H19N3O3S. The topological polar surface area (TPSA) is 88.2 Å². The summed E-state index contributed by atoms with van der Waals surface area (Å²) >= 11 is 1.18. The molecule has 102 valence electrons. The Balaban J connectivity index is 2.75. The van der Waals surface area contributed by atoms with Crippen LogP contribution >= 0.6 is 11.8 Å². The van der Waals surface area contributed by atoms with Crippen molar-refractivity contribution >= 4 is 17.7 Å². The molecule has 0 saturated carbocycles. The van der Waals surface area contributed by atoms with Gasteiger partial charge in [0, 0.05) is 19.1 Å². The normalized spacial score (nSPS) is 11.1. The number of aliphatic carboxylic acids is 1. The molecule has 7 heteroatoms. The maximum Gasteiger partial charge on any atom is 0.313 e. The smallest absolute Gasteiger partial charge is 0.313 e. The first-order valence-electron chi connectivity index (χ1n) is 5.95. The molecule has 0 bridgehead atoms. The molecule has 18 heavy (non-hydrogen) atoms. The molecule has 2 N–H and O–H groups in total. The summed E-state index contributed by atoms with van der Waals surface area (Å²) in [6.07, 6.45) is 2.34. The molecule has 1 aromatic rings. The largest absolute Gasteiger partial charge is 0.481 e. The van der Waals surface area contributed by atoms with Gasteiger partial charge in [-0.05, 0) is 26.7 Å². The maximum atomic E-state index is 10.6. The Hall–Kier alpha value is -1.08. The number of hydrogen-bond donors (Lipinski definition) is 2. The summed E-state index contributed by atoms with van der Waals surface area (Å²) in [7, 11) is 0. The number of unbranched alkanes of at least 4 members (excludes halogenated alkanes) is 1. The Morgan fingerprint density at radius 3 is 2.67 bits per heavy atom. The van der Waals surface area contributed by atoms with Crippen molar-refractivity contribution in [1.29, 1.82) is 0 Å². The third-order valence-electron chi connectivity index (χ3n) is 2.38. The number of carboxylic acids is 1. The van der Waals surface area contributed by atoms with Gasteiger partial charge < -0.3 is 14.8 Å². The fraction of sp³-hybridized carbons (Fsp3) is 0.727. The fourth-order valence-electron chi connectivity index (χ4n) is 1.62. The summed E-state index contributed by atoms with van der Waals surface area (Å²) in [5.74, 6) is -0.0203. The van der Waals surface area contributed by atoms with Gasteiger partial charge >= 0.3 is 5.97 Å².